The maximum absolute atomic E-state index is 12.5. The van der Waals surface area contributed by atoms with Crippen LogP contribution in [0.15, 0.2) is 18.3 Å². The molecule has 0 atom stereocenters. The third kappa shape index (κ3) is 0.981. The van der Waals surface area contributed by atoms with E-state index in [4.69, 9.17) is 0 Å². The van der Waals surface area contributed by atoms with Crippen LogP contribution in [0.25, 0.3) is 10.9 Å². The van der Waals surface area contributed by atoms with Gasteiger partial charge in [0.1, 0.15) is 0 Å². The van der Waals surface area contributed by atoms with Gasteiger partial charge in [0.2, 0.25) is 5.95 Å². The predicted octanol–water partition coefficient (Wildman–Crippen LogP) is 2.01. The summed E-state index contributed by atoms with van der Waals surface area (Å²) >= 11 is 0. The van der Waals surface area contributed by atoms with Crippen LogP contribution in [-0.2, 0) is 0 Å². The molecule has 0 spiro atoms. The maximum Gasteiger partial charge on any atom is 0.214 e. The highest BCUT2D eigenvalue weighted by atomic mass is 19.1. The molecule has 1 N–H and O–H groups in total. The fourth-order valence-corrected chi connectivity index (χ4v) is 1.15. The summed E-state index contributed by atoms with van der Waals surface area (Å²) in [5, 5.41) is 0.948. The number of nitrogens with zero attached hydrogens (tertiary/aromatic N) is 1. The smallest absolute Gasteiger partial charge is 0.214 e. The molecule has 0 aliphatic rings. The number of hydrogen-bond donors (Lipinski definition) is 1. The van der Waals surface area contributed by atoms with Gasteiger partial charge in [0.05, 0.1) is 5.52 Å². The summed E-state index contributed by atoms with van der Waals surface area (Å²) in [7, 11) is 0. The normalized spacial score (nSPS) is 10.7. The molecule has 2 rings (SSSR count). The Bertz CT molecular complexity index is 392. The summed E-state index contributed by atoms with van der Waals surface area (Å²) in [6, 6.07) is 3.32. The molecule has 2 nitrogen and oxygen atoms in total. The molecule has 0 radical (unpaired) electrons. The van der Waals surface area contributed by atoms with E-state index in [-0.39, 0.29) is 0 Å². The molecule has 0 bridgehead atoms. The molecule has 2 aromatic heterocycles. The van der Waals surface area contributed by atoms with Crippen molar-refractivity contribution in [1.29, 1.82) is 0 Å². The predicted molar refractivity (Wildman–Crippen MR) is 40.8 cm³/mol. The first-order chi connectivity index (χ1) is 5.25. The molecule has 0 saturated heterocycles. The first-order valence-electron chi connectivity index (χ1n) is 3.36. The monoisotopic (exact) mass is 150 g/mol. The van der Waals surface area contributed by atoms with Gasteiger partial charge in [-0.15, -0.1) is 0 Å². The van der Waals surface area contributed by atoms with E-state index in [9.17, 15) is 4.39 Å². The zero-order valence-electron chi connectivity index (χ0n) is 6.06. The number of pyridine rings is 1. The molecule has 0 aromatic carbocycles. The summed E-state index contributed by atoms with van der Waals surface area (Å²) in [5.41, 5.74) is 1.82. The molecule has 2 aromatic rings. The van der Waals surface area contributed by atoms with Crippen molar-refractivity contribution in [3.8, 4) is 0 Å². The molecule has 0 unspecified atom stereocenters. The minimum atomic E-state index is -0.445. The van der Waals surface area contributed by atoms with E-state index in [1.807, 2.05) is 13.0 Å². The molecule has 0 aliphatic carbocycles. The van der Waals surface area contributed by atoms with Gasteiger partial charge in [-0.25, -0.2) is 4.98 Å². The largest absolute Gasteiger partial charge is 0.358 e. The van der Waals surface area contributed by atoms with Crippen LogP contribution in [-0.4, -0.2) is 9.97 Å². The Hall–Kier alpha value is -1.38. The zero-order valence-corrected chi connectivity index (χ0v) is 6.06. The van der Waals surface area contributed by atoms with E-state index >= 15 is 0 Å². The molecule has 0 fully saturated rings. The van der Waals surface area contributed by atoms with E-state index in [0.717, 1.165) is 16.6 Å². The standard InChI is InChI=1S/C8H7FN2/c1-5-2-6-4-10-8(9)3-7(6)11-5/h2-4,11H,1H3. The molecule has 11 heavy (non-hydrogen) atoms. The molecular weight excluding hydrogens is 143 g/mol. The quantitative estimate of drug-likeness (QED) is 0.572. The summed E-state index contributed by atoms with van der Waals surface area (Å²) < 4.78 is 12.5. The van der Waals surface area contributed by atoms with Gasteiger partial charge in [-0.1, -0.05) is 0 Å². The summed E-state index contributed by atoms with van der Waals surface area (Å²) in [6.45, 7) is 1.93. The van der Waals surface area contributed by atoms with Crippen LogP contribution in [0.3, 0.4) is 0 Å². The minimum Gasteiger partial charge on any atom is -0.358 e. The van der Waals surface area contributed by atoms with Gasteiger partial charge in [0.25, 0.3) is 0 Å². The summed E-state index contributed by atoms with van der Waals surface area (Å²) in [4.78, 5) is 6.55. The zero-order chi connectivity index (χ0) is 7.84. The lowest BCUT2D eigenvalue weighted by molar-refractivity contribution is 0.586. The number of hydrogen-bond acceptors (Lipinski definition) is 1. The molecule has 3 heteroatoms. The molecule has 0 saturated carbocycles. The van der Waals surface area contributed by atoms with Gasteiger partial charge in [-0.3, -0.25) is 0 Å². The second kappa shape index (κ2) is 2.05. The highest BCUT2D eigenvalue weighted by molar-refractivity contribution is 5.79. The molecule has 0 aliphatic heterocycles. The second-order valence-corrected chi connectivity index (χ2v) is 2.55. The van der Waals surface area contributed by atoms with Gasteiger partial charge < -0.3 is 4.98 Å². The second-order valence-electron chi connectivity index (χ2n) is 2.55. The van der Waals surface area contributed by atoms with Crippen LogP contribution in [0.1, 0.15) is 5.69 Å². The SMILES string of the molecule is Cc1cc2cnc(F)cc2[nH]1. The minimum absolute atomic E-state index is 0.445. The first-order valence-corrected chi connectivity index (χ1v) is 3.36. The van der Waals surface area contributed by atoms with Crippen molar-refractivity contribution >= 4 is 10.9 Å². The number of fused-ring (bicyclic) bond motifs is 1. The number of aromatic amines is 1. The molecule has 56 valence electrons. The van der Waals surface area contributed by atoms with Gasteiger partial charge in [-0.2, -0.15) is 4.39 Å². The van der Waals surface area contributed by atoms with Crippen LogP contribution in [0.4, 0.5) is 4.39 Å². The molecule has 2 heterocycles. The average Bonchev–Trinajstić information content (AvgIpc) is 2.27. The lowest BCUT2D eigenvalue weighted by atomic mass is 10.3. The van der Waals surface area contributed by atoms with Crippen LogP contribution >= 0.6 is 0 Å². The number of nitrogens with one attached hydrogen (secondary N) is 1. The highest BCUT2D eigenvalue weighted by Crippen LogP contribution is 2.13. The van der Waals surface area contributed by atoms with Crippen LogP contribution in [0, 0.1) is 12.9 Å². The lowest BCUT2D eigenvalue weighted by Gasteiger charge is -1.87. The number of aromatic nitrogens is 2. The Morgan fingerprint density at radius 3 is 3.09 bits per heavy atom. The summed E-state index contributed by atoms with van der Waals surface area (Å²) in [5.74, 6) is -0.445. The van der Waals surface area contributed by atoms with Gasteiger partial charge in [0, 0.05) is 23.3 Å². The van der Waals surface area contributed by atoms with E-state index in [1.165, 1.54) is 12.3 Å². The fraction of sp³-hybridized carbons (Fsp3) is 0.125. The number of rotatable bonds is 0. The van der Waals surface area contributed by atoms with Crippen molar-refractivity contribution in [2.45, 2.75) is 6.92 Å². The van der Waals surface area contributed by atoms with Crippen molar-refractivity contribution in [3.05, 3.63) is 30.0 Å². The number of H-pyrrole nitrogens is 1. The van der Waals surface area contributed by atoms with Crippen molar-refractivity contribution in [3.63, 3.8) is 0 Å². The molecular formula is C8H7FN2. The number of halogens is 1. The van der Waals surface area contributed by atoms with Crippen molar-refractivity contribution < 1.29 is 4.39 Å². The van der Waals surface area contributed by atoms with E-state index in [0.29, 0.717) is 0 Å². The van der Waals surface area contributed by atoms with Crippen LogP contribution < -0.4 is 0 Å². The summed E-state index contributed by atoms with van der Waals surface area (Å²) in [6.07, 6.45) is 1.52. The first kappa shape index (κ1) is 6.34. The van der Waals surface area contributed by atoms with Crippen molar-refractivity contribution in [1.82, 2.24) is 9.97 Å². The Kier molecular flexibility index (Phi) is 1.18. The third-order valence-corrected chi connectivity index (χ3v) is 1.61. The van der Waals surface area contributed by atoms with Gasteiger partial charge in [-0.05, 0) is 13.0 Å². The van der Waals surface area contributed by atoms with Crippen molar-refractivity contribution in [2.24, 2.45) is 0 Å². The van der Waals surface area contributed by atoms with Gasteiger partial charge in [0.15, 0.2) is 0 Å². The number of aryl methyl sites for hydroxylation is 1. The van der Waals surface area contributed by atoms with E-state index in [2.05, 4.69) is 9.97 Å². The highest BCUT2D eigenvalue weighted by Gasteiger charge is 1.98. The molecule has 0 amide bonds. The van der Waals surface area contributed by atoms with Crippen molar-refractivity contribution in [2.75, 3.05) is 0 Å². The van der Waals surface area contributed by atoms with E-state index in [1.54, 1.807) is 0 Å². The Labute approximate surface area is 63.1 Å². The van der Waals surface area contributed by atoms with Crippen LogP contribution in [0.2, 0.25) is 0 Å². The van der Waals surface area contributed by atoms with Crippen LogP contribution in [0.5, 0.6) is 0 Å². The van der Waals surface area contributed by atoms with Gasteiger partial charge >= 0.3 is 0 Å². The Morgan fingerprint density at radius 2 is 2.27 bits per heavy atom. The maximum atomic E-state index is 12.5. The fourth-order valence-electron chi connectivity index (χ4n) is 1.15. The van der Waals surface area contributed by atoms with E-state index < -0.39 is 5.95 Å². The Morgan fingerprint density at radius 1 is 1.45 bits per heavy atom. The average molecular weight is 150 g/mol. The Balaban J connectivity index is 2.82. The lowest BCUT2D eigenvalue weighted by Crippen LogP contribution is -1.79. The third-order valence-electron chi connectivity index (χ3n) is 1.61. The topological polar surface area (TPSA) is 28.7 Å².